The molecule has 4 aromatic rings. The van der Waals surface area contributed by atoms with E-state index in [0.29, 0.717) is 21.0 Å². The molecular weight excluding hydrogens is 462 g/mol. The zero-order valence-corrected chi connectivity index (χ0v) is 19.7. The number of thioether (sulfide) groups is 1. The van der Waals surface area contributed by atoms with E-state index in [-0.39, 0.29) is 11.5 Å². The van der Waals surface area contributed by atoms with Gasteiger partial charge < -0.3 is 0 Å². The number of nitriles is 1. The van der Waals surface area contributed by atoms with Crippen LogP contribution < -0.4 is 0 Å². The first-order valence-corrected chi connectivity index (χ1v) is 12.0. The second-order valence-electron chi connectivity index (χ2n) is 7.13. The van der Waals surface area contributed by atoms with Crippen LogP contribution >= 0.6 is 34.7 Å². The number of benzene rings is 2. The topological polar surface area (TPSA) is 84.5 Å². The van der Waals surface area contributed by atoms with Crippen molar-refractivity contribution in [2.24, 2.45) is 0 Å². The quantitative estimate of drug-likeness (QED) is 0.319. The first-order chi connectivity index (χ1) is 15.5. The maximum Gasteiger partial charge on any atom is 0.196 e. The number of aryl methyl sites for hydroxylation is 2. The summed E-state index contributed by atoms with van der Waals surface area (Å²) < 4.78 is 1.92. The van der Waals surface area contributed by atoms with Crippen molar-refractivity contribution in [2.75, 3.05) is 5.75 Å². The van der Waals surface area contributed by atoms with E-state index in [9.17, 15) is 10.1 Å². The Morgan fingerprint density at radius 2 is 2.00 bits per heavy atom. The van der Waals surface area contributed by atoms with Crippen LogP contribution in [0.15, 0.2) is 59.1 Å². The van der Waals surface area contributed by atoms with Crippen molar-refractivity contribution in [1.29, 1.82) is 5.26 Å². The molecule has 6 nitrogen and oxygen atoms in total. The first-order valence-electron chi connectivity index (χ1n) is 9.72. The second kappa shape index (κ2) is 9.65. The molecule has 0 saturated heterocycles. The van der Waals surface area contributed by atoms with Crippen LogP contribution in [0.5, 0.6) is 0 Å². The van der Waals surface area contributed by atoms with Gasteiger partial charge in [0, 0.05) is 27.3 Å². The molecule has 0 spiro atoms. The molecule has 4 rings (SSSR count). The summed E-state index contributed by atoms with van der Waals surface area (Å²) >= 11 is 8.63. The number of rotatable bonds is 7. The number of carbonyl (C=O) groups excluding carboxylic acids is 1. The molecule has 0 N–H and O–H groups in total. The summed E-state index contributed by atoms with van der Waals surface area (Å²) in [5, 5.41) is 21.8. The lowest BCUT2D eigenvalue weighted by atomic mass is 10.1. The average Bonchev–Trinajstić information content (AvgIpc) is 3.40. The van der Waals surface area contributed by atoms with E-state index in [0.717, 1.165) is 22.5 Å². The molecule has 32 heavy (non-hydrogen) atoms. The summed E-state index contributed by atoms with van der Waals surface area (Å²) in [7, 11) is 0. The lowest BCUT2D eigenvalue weighted by Gasteiger charge is -2.11. The number of nitrogens with zero attached hydrogens (tertiary/aromatic N) is 5. The number of hydrogen-bond donors (Lipinski definition) is 0. The molecule has 0 aliphatic heterocycles. The number of Topliss-reactive ketones (excluding diaryl/α,β-unsaturated/α-hetero) is 1. The van der Waals surface area contributed by atoms with Crippen LogP contribution in [0.2, 0.25) is 5.02 Å². The van der Waals surface area contributed by atoms with Crippen LogP contribution in [0.25, 0.3) is 17.1 Å². The summed E-state index contributed by atoms with van der Waals surface area (Å²) in [4.78, 5) is 17.1. The Morgan fingerprint density at radius 1 is 1.22 bits per heavy atom. The van der Waals surface area contributed by atoms with Crippen molar-refractivity contribution in [2.45, 2.75) is 24.9 Å². The number of aromatic nitrogens is 4. The fraction of sp³-hybridized carbons (Fsp3) is 0.174. The molecule has 1 unspecified atom stereocenters. The minimum absolute atomic E-state index is 0.0847. The van der Waals surface area contributed by atoms with Crippen LogP contribution in [0, 0.1) is 25.2 Å². The fourth-order valence-electron chi connectivity index (χ4n) is 3.14. The average molecular weight is 480 g/mol. The maximum atomic E-state index is 12.8. The van der Waals surface area contributed by atoms with Crippen molar-refractivity contribution in [1.82, 2.24) is 19.7 Å². The summed E-state index contributed by atoms with van der Waals surface area (Å²) in [5.41, 5.74) is 3.64. The molecule has 2 aromatic carbocycles. The van der Waals surface area contributed by atoms with E-state index < -0.39 is 5.92 Å². The van der Waals surface area contributed by atoms with Crippen molar-refractivity contribution in [3.8, 4) is 23.1 Å². The standard InChI is InChI=1S/C23H18ClN5OS2/c1-14-4-3-5-18(10-14)29-21(16-6-8-17(24)9-7-16)27-28-23(29)32-13-20(30)19(11-25)22-26-15(2)12-31-22/h3-10,12,19H,13H2,1-2H3. The van der Waals surface area contributed by atoms with Gasteiger partial charge in [-0.05, 0) is 55.8 Å². The molecular formula is C23H18ClN5OS2. The zero-order chi connectivity index (χ0) is 22.7. The number of halogens is 1. The molecule has 0 fully saturated rings. The SMILES string of the molecule is Cc1cccc(-n2c(SCC(=O)C(C#N)c3nc(C)cs3)nnc2-c2ccc(Cl)cc2)c1. The largest absolute Gasteiger partial charge is 0.297 e. The van der Waals surface area contributed by atoms with Gasteiger partial charge in [0.2, 0.25) is 0 Å². The Balaban J connectivity index is 1.66. The summed E-state index contributed by atoms with van der Waals surface area (Å²) in [6.07, 6.45) is 0. The van der Waals surface area contributed by atoms with E-state index >= 15 is 0 Å². The van der Waals surface area contributed by atoms with Crippen molar-refractivity contribution >= 4 is 40.5 Å². The Kier molecular flexibility index (Phi) is 6.70. The van der Waals surface area contributed by atoms with Crippen molar-refractivity contribution in [3.63, 3.8) is 0 Å². The molecule has 0 bridgehead atoms. The molecule has 2 aromatic heterocycles. The van der Waals surface area contributed by atoms with Gasteiger partial charge in [-0.25, -0.2) is 4.98 Å². The molecule has 1 atom stereocenters. The number of hydrogen-bond acceptors (Lipinski definition) is 7. The van der Waals surface area contributed by atoms with E-state index in [1.807, 2.05) is 60.2 Å². The van der Waals surface area contributed by atoms with E-state index in [1.165, 1.54) is 23.1 Å². The lowest BCUT2D eigenvalue weighted by Crippen LogP contribution is -2.13. The minimum Gasteiger partial charge on any atom is -0.297 e. The Hall–Kier alpha value is -2.99. The monoisotopic (exact) mass is 479 g/mol. The van der Waals surface area contributed by atoms with Crippen LogP contribution in [-0.2, 0) is 4.79 Å². The highest BCUT2D eigenvalue weighted by Gasteiger charge is 2.25. The molecule has 0 radical (unpaired) electrons. The third kappa shape index (κ3) is 4.75. The smallest absolute Gasteiger partial charge is 0.196 e. The van der Waals surface area contributed by atoms with Gasteiger partial charge in [-0.15, -0.1) is 21.5 Å². The van der Waals surface area contributed by atoms with Crippen LogP contribution in [0.1, 0.15) is 22.2 Å². The molecule has 0 aliphatic carbocycles. The van der Waals surface area contributed by atoms with E-state index in [2.05, 4.69) is 21.3 Å². The van der Waals surface area contributed by atoms with E-state index in [4.69, 9.17) is 11.6 Å². The molecule has 0 saturated carbocycles. The predicted molar refractivity (Wildman–Crippen MR) is 127 cm³/mol. The molecule has 160 valence electrons. The lowest BCUT2D eigenvalue weighted by molar-refractivity contribution is -0.116. The number of ketones is 1. The minimum atomic E-state index is -0.882. The van der Waals surface area contributed by atoms with Crippen LogP contribution in [0.3, 0.4) is 0 Å². The summed E-state index contributed by atoms with van der Waals surface area (Å²) in [6, 6.07) is 17.4. The van der Waals surface area contributed by atoms with Gasteiger partial charge in [0.1, 0.15) is 5.01 Å². The van der Waals surface area contributed by atoms with Crippen LogP contribution in [-0.4, -0.2) is 31.3 Å². The predicted octanol–water partition coefficient (Wildman–Crippen LogP) is 5.63. The van der Waals surface area contributed by atoms with Gasteiger partial charge in [-0.1, -0.05) is 35.5 Å². The highest BCUT2D eigenvalue weighted by Crippen LogP contribution is 2.30. The van der Waals surface area contributed by atoms with Gasteiger partial charge in [0.25, 0.3) is 0 Å². The third-order valence-corrected chi connectivity index (χ3v) is 6.90. The van der Waals surface area contributed by atoms with Gasteiger partial charge in [-0.3, -0.25) is 9.36 Å². The fourth-order valence-corrected chi connectivity index (χ4v) is 4.98. The van der Waals surface area contributed by atoms with Crippen LogP contribution in [0.4, 0.5) is 0 Å². The maximum absolute atomic E-state index is 12.8. The zero-order valence-electron chi connectivity index (χ0n) is 17.3. The molecule has 2 heterocycles. The molecule has 9 heteroatoms. The van der Waals surface area contributed by atoms with Gasteiger partial charge in [-0.2, -0.15) is 5.26 Å². The first kappa shape index (κ1) is 22.2. The highest BCUT2D eigenvalue weighted by atomic mass is 35.5. The van der Waals surface area contributed by atoms with Gasteiger partial charge >= 0.3 is 0 Å². The van der Waals surface area contributed by atoms with E-state index in [1.54, 1.807) is 12.1 Å². The van der Waals surface area contributed by atoms with Crippen molar-refractivity contribution < 1.29 is 4.79 Å². The highest BCUT2D eigenvalue weighted by molar-refractivity contribution is 7.99. The number of thiazole rings is 1. The molecule has 0 amide bonds. The summed E-state index contributed by atoms with van der Waals surface area (Å²) in [6.45, 7) is 3.86. The Labute approximate surface area is 198 Å². The van der Waals surface area contributed by atoms with Gasteiger partial charge in [0.15, 0.2) is 22.7 Å². The molecule has 0 aliphatic rings. The third-order valence-electron chi connectivity index (χ3n) is 4.67. The second-order valence-corrected chi connectivity index (χ2v) is 9.40. The Bertz CT molecular complexity index is 1310. The van der Waals surface area contributed by atoms with Crippen molar-refractivity contribution in [3.05, 3.63) is 75.2 Å². The normalized spacial score (nSPS) is 11.8. The number of carbonyl (C=O) groups is 1. The van der Waals surface area contributed by atoms with Gasteiger partial charge in [0.05, 0.1) is 11.8 Å². The summed E-state index contributed by atoms with van der Waals surface area (Å²) in [5.74, 6) is -0.359. The Morgan fingerprint density at radius 3 is 2.66 bits per heavy atom.